The molecule has 14 aromatic rings. The highest BCUT2D eigenvalue weighted by molar-refractivity contribution is 6.23. The lowest BCUT2D eigenvalue weighted by atomic mass is 9.94. The number of para-hydroxylation sites is 6. The van der Waals surface area contributed by atoms with Gasteiger partial charge < -0.3 is 13.6 Å². The maximum absolute atomic E-state index is 6.57. The van der Waals surface area contributed by atoms with Gasteiger partial charge in [0.25, 0.3) is 0 Å². The second-order valence-electron chi connectivity index (χ2n) is 16.9. The zero-order valence-corrected chi connectivity index (χ0v) is 34.2. The average Bonchev–Trinajstić information content (AvgIpc) is 4.07. The molecule has 64 heavy (non-hydrogen) atoms. The van der Waals surface area contributed by atoms with Gasteiger partial charge in [-0.05, 0) is 71.8 Å². The van der Waals surface area contributed by atoms with Crippen LogP contribution in [0.5, 0.6) is 0 Å². The van der Waals surface area contributed by atoms with E-state index in [1.54, 1.807) is 0 Å². The Morgan fingerprint density at radius 2 is 0.938 bits per heavy atom. The molecule has 15 rings (SSSR count). The number of nitrogens with zero attached hydrogens (tertiary/aromatic N) is 5. The minimum Gasteiger partial charge on any atom is -0.436 e. The predicted molar refractivity (Wildman–Crippen MR) is 262 cm³/mol. The Morgan fingerprint density at radius 1 is 0.359 bits per heavy atom. The van der Waals surface area contributed by atoms with Crippen LogP contribution in [0.1, 0.15) is 0 Å². The van der Waals surface area contributed by atoms with Crippen LogP contribution < -0.4 is 0 Å². The summed E-state index contributed by atoms with van der Waals surface area (Å²) in [6.45, 7) is 0. The quantitative estimate of drug-likeness (QED) is 0.178. The lowest BCUT2D eigenvalue weighted by molar-refractivity contribution is 0.652. The summed E-state index contributed by atoms with van der Waals surface area (Å²) in [4.78, 5) is 11.2. The maximum Gasteiger partial charge on any atom is 0.248 e. The van der Waals surface area contributed by atoms with Gasteiger partial charge in [0, 0.05) is 60.1 Å². The predicted octanol–water partition coefficient (Wildman–Crippen LogP) is 15.0. The van der Waals surface area contributed by atoms with Crippen LogP contribution in [0.3, 0.4) is 0 Å². The molecule has 0 fully saturated rings. The van der Waals surface area contributed by atoms with Crippen molar-refractivity contribution in [1.82, 2.24) is 23.7 Å². The number of hydrogen-bond donors (Lipinski definition) is 0. The third-order valence-electron chi connectivity index (χ3n) is 13.6. The molecule has 9 aromatic carbocycles. The number of rotatable bonds is 3. The van der Waals surface area contributed by atoms with E-state index in [1.807, 2.05) is 18.2 Å². The van der Waals surface area contributed by atoms with Gasteiger partial charge in [0.2, 0.25) is 5.71 Å². The van der Waals surface area contributed by atoms with E-state index in [0.717, 1.165) is 82.6 Å². The molecule has 0 radical (unpaired) electrons. The van der Waals surface area contributed by atoms with Crippen molar-refractivity contribution in [2.75, 3.05) is 0 Å². The van der Waals surface area contributed by atoms with Crippen LogP contribution in [0.2, 0.25) is 0 Å². The standard InChI is InChI=1S/C58H33N5O/c1-2-16-34(17-3-1)61-48-29-12-8-22-41(48)53-43(26-15-30-49(53)61)54-57(60-58-55(59-54)42-23-9-13-31-52(42)64-58)63-47-28-11-7-21-38(47)44-32-50-45(33-51(44)63)40-25-14-24-39-36-19-5-4-18-35(36)37-20-6-10-27-46(37)62(50)56(39)40/h1-33H. The fraction of sp³-hybridized carbons (Fsp3) is 0. The number of fused-ring (bicyclic) bond motifs is 17. The van der Waals surface area contributed by atoms with Gasteiger partial charge in [0.05, 0.1) is 38.8 Å². The molecule has 0 amide bonds. The topological polar surface area (TPSA) is 53.7 Å². The normalized spacial score (nSPS) is 12.4. The summed E-state index contributed by atoms with van der Waals surface area (Å²) in [5.74, 6) is 0.714. The molecule has 6 heteroatoms. The van der Waals surface area contributed by atoms with Gasteiger partial charge in [-0.2, -0.15) is 4.98 Å². The molecule has 0 saturated carbocycles. The van der Waals surface area contributed by atoms with Crippen LogP contribution >= 0.6 is 0 Å². The molecule has 1 aliphatic rings. The Labute approximate surface area is 365 Å². The fourth-order valence-electron chi connectivity index (χ4n) is 11.0. The molecule has 6 heterocycles. The van der Waals surface area contributed by atoms with Gasteiger partial charge >= 0.3 is 0 Å². The van der Waals surface area contributed by atoms with Crippen LogP contribution in [-0.4, -0.2) is 23.7 Å². The van der Waals surface area contributed by atoms with Gasteiger partial charge in [-0.25, -0.2) is 4.98 Å². The van der Waals surface area contributed by atoms with E-state index in [1.165, 1.54) is 44.2 Å². The summed E-state index contributed by atoms with van der Waals surface area (Å²) in [7, 11) is 0. The molecule has 1 aliphatic heterocycles. The first-order chi connectivity index (χ1) is 31.8. The molecule has 296 valence electrons. The Morgan fingerprint density at radius 3 is 1.78 bits per heavy atom. The van der Waals surface area contributed by atoms with Gasteiger partial charge in [-0.1, -0.05) is 140 Å². The van der Waals surface area contributed by atoms with Crippen LogP contribution in [0.15, 0.2) is 205 Å². The zero-order chi connectivity index (χ0) is 41.6. The Bertz CT molecular complexity index is 4320. The van der Waals surface area contributed by atoms with E-state index in [4.69, 9.17) is 14.4 Å². The van der Waals surface area contributed by atoms with Crippen molar-refractivity contribution in [2.24, 2.45) is 0 Å². The molecule has 6 nitrogen and oxygen atoms in total. The molecule has 0 aliphatic carbocycles. The molecule has 5 aromatic heterocycles. The lowest BCUT2D eigenvalue weighted by Crippen LogP contribution is -2.03. The molecule has 0 spiro atoms. The molecule has 0 bridgehead atoms. The third kappa shape index (κ3) is 4.38. The van der Waals surface area contributed by atoms with Crippen molar-refractivity contribution in [3.8, 4) is 50.7 Å². The molecule has 0 unspecified atom stereocenters. The highest BCUT2D eigenvalue weighted by Crippen LogP contribution is 2.49. The molecule has 0 saturated heterocycles. The summed E-state index contributed by atoms with van der Waals surface area (Å²) in [6.07, 6.45) is 0. The highest BCUT2D eigenvalue weighted by Gasteiger charge is 2.28. The van der Waals surface area contributed by atoms with Gasteiger partial charge in [-0.3, -0.25) is 4.57 Å². The summed E-state index contributed by atoms with van der Waals surface area (Å²) >= 11 is 0. The van der Waals surface area contributed by atoms with Crippen LogP contribution in [0.25, 0.3) is 138 Å². The second-order valence-corrected chi connectivity index (χ2v) is 16.9. The van der Waals surface area contributed by atoms with E-state index >= 15 is 0 Å². The first-order valence-electron chi connectivity index (χ1n) is 21.8. The number of benzene rings is 9. The number of hydrogen-bond acceptors (Lipinski definition) is 3. The van der Waals surface area contributed by atoms with Gasteiger partial charge in [0.15, 0.2) is 5.82 Å². The van der Waals surface area contributed by atoms with Crippen molar-refractivity contribution >= 4 is 87.6 Å². The average molecular weight is 816 g/mol. The van der Waals surface area contributed by atoms with Crippen molar-refractivity contribution in [2.45, 2.75) is 0 Å². The number of furan rings is 1. The first kappa shape index (κ1) is 33.9. The largest absolute Gasteiger partial charge is 0.436 e. The monoisotopic (exact) mass is 815 g/mol. The van der Waals surface area contributed by atoms with Crippen LogP contribution in [0.4, 0.5) is 0 Å². The first-order valence-corrected chi connectivity index (χ1v) is 21.8. The number of aromatic nitrogens is 5. The Hall–Kier alpha value is -8.74. The minimum atomic E-state index is 0.504. The van der Waals surface area contributed by atoms with E-state index in [2.05, 4.69) is 196 Å². The summed E-state index contributed by atoms with van der Waals surface area (Å²) in [5.41, 5.74) is 17.7. The van der Waals surface area contributed by atoms with Gasteiger partial charge in [0.1, 0.15) is 16.8 Å². The molecular formula is C58H33N5O. The molecule has 0 N–H and O–H groups in total. The Kier molecular flexibility index (Phi) is 6.59. The smallest absolute Gasteiger partial charge is 0.248 e. The van der Waals surface area contributed by atoms with E-state index in [9.17, 15) is 0 Å². The van der Waals surface area contributed by atoms with Crippen molar-refractivity contribution in [3.05, 3.63) is 200 Å². The van der Waals surface area contributed by atoms with Crippen LogP contribution in [-0.2, 0) is 0 Å². The Balaban J connectivity index is 1.10. The second kappa shape index (κ2) is 12.4. The summed E-state index contributed by atoms with van der Waals surface area (Å²) in [6, 6.07) is 71.9. The van der Waals surface area contributed by atoms with Crippen molar-refractivity contribution in [1.29, 1.82) is 0 Å². The SMILES string of the molecule is c1ccc(-n2c3ccccc3c3c(-c4nc5c(nc4-n4c6ccccc6c6cc7c(cc64)c4cccc6c4n7-c4ccccc4-c4ccccc4-6)oc4ccccc45)cccc32)cc1. The van der Waals surface area contributed by atoms with Crippen molar-refractivity contribution in [3.63, 3.8) is 0 Å². The van der Waals surface area contributed by atoms with E-state index in [-0.39, 0.29) is 0 Å². The summed E-state index contributed by atoms with van der Waals surface area (Å²) in [5, 5.41) is 7.87. The maximum atomic E-state index is 6.57. The zero-order valence-electron chi connectivity index (χ0n) is 34.2. The minimum absolute atomic E-state index is 0.504. The van der Waals surface area contributed by atoms with Gasteiger partial charge in [-0.15, -0.1) is 0 Å². The highest BCUT2D eigenvalue weighted by atomic mass is 16.3. The summed E-state index contributed by atoms with van der Waals surface area (Å²) < 4.78 is 13.8. The lowest BCUT2D eigenvalue weighted by Gasteiger charge is -2.14. The third-order valence-corrected chi connectivity index (χ3v) is 13.6. The van der Waals surface area contributed by atoms with Crippen LogP contribution in [0, 0.1) is 0 Å². The fourth-order valence-corrected chi connectivity index (χ4v) is 11.0. The molecule has 0 atom stereocenters. The molecular weight excluding hydrogens is 783 g/mol. The van der Waals surface area contributed by atoms with Crippen molar-refractivity contribution < 1.29 is 4.42 Å². The van der Waals surface area contributed by atoms with E-state index < -0.39 is 0 Å². The van der Waals surface area contributed by atoms with E-state index in [0.29, 0.717) is 11.5 Å².